The number of hydrogen-bond donors (Lipinski definition) is 2. The molecular formula is C18H19FN4O. The molecule has 0 atom stereocenters. The van der Waals surface area contributed by atoms with E-state index in [1.165, 1.54) is 13.1 Å². The van der Waals surface area contributed by atoms with Crippen molar-refractivity contribution >= 4 is 16.9 Å². The summed E-state index contributed by atoms with van der Waals surface area (Å²) >= 11 is 0. The van der Waals surface area contributed by atoms with Crippen LogP contribution >= 0.6 is 0 Å². The molecule has 3 N–H and O–H groups in total. The van der Waals surface area contributed by atoms with Crippen LogP contribution in [0.4, 0.5) is 4.39 Å². The summed E-state index contributed by atoms with van der Waals surface area (Å²) < 4.78 is 16.6. The zero-order valence-corrected chi connectivity index (χ0v) is 13.4. The Kier molecular flexibility index (Phi) is 4.57. The van der Waals surface area contributed by atoms with Gasteiger partial charge < -0.3 is 15.6 Å². The van der Waals surface area contributed by atoms with E-state index in [2.05, 4.69) is 10.3 Å². The van der Waals surface area contributed by atoms with Crippen molar-refractivity contribution in [2.24, 2.45) is 5.73 Å². The molecular weight excluding hydrogens is 307 g/mol. The first-order valence-corrected chi connectivity index (χ1v) is 7.83. The van der Waals surface area contributed by atoms with Crippen molar-refractivity contribution in [3.63, 3.8) is 0 Å². The van der Waals surface area contributed by atoms with Crippen molar-refractivity contribution in [1.82, 2.24) is 14.9 Å². The van der Waals surface area contributed by atoms with E-state index in [4.69, 9.17) is 5.73 Å². The Labute approximate surface area is 139 Å². The third-order valence-corrected chi connectivity index (χ3v) is 3.94. The highest BCUT2D eigenvalue weighted by Crippen LogP contribution is 2.27. The molecule has 0 fully saturated rings. The van der Waals surface area contributed by atoms with Crippen LogP contribution in [-0.4, -0.2) is 29.1 Å². The van der Waals surface area contributed by atoms with Gasteiger partial charge in [0.2, 0.25) is 0 Å². The standard InChI is InChI=1S/C18H19FN4O/c1-21-18(24)12-7-8-13(14(19)11-12)17-22-15-5-2-3-6-16(15)23(17)10-4-9-20/h2-3,5-8,11H,4,9-10,20H2,1H3,(H,21,24). The molecule has 0 saturated carbocycles. The number of imidazole rings is 1. The van der Waals surface area contributed by atoms with Gasteiger partial charge in [-0.05, 0) is 43.3 Å². The number of rotatable bonds is 5. The first kappa shape index (κ1) is 16.1. The average molecular weight is 326 g/mol. The second-order valence-corrected chi connectivity index (χ2v) is 5.49. The molecule has 0 saturated heterocycles. The molecule has 3 aromatic rings. The summed E-state index contributed by atoms with van der Waals surface area (Å²) in [4.78, 5) is 16.2. The van der Waals surface area contributed by atoms with E-state index in [9.17, 15) is 9.18 Å². The van der Waals surface area contributed by atoms with Gasteiger partial charge in [0.05, 0.1) is 16.6 Å². The molecule has 1 heterocycles. The van der Waals surface area contributed by atoms with Gasteiger partial charge >= 0.3 is 0 Å². The maximum Gasteiger partial charge on any atom is 0.251 e. The lowest BCUT2D eigenvalue weighted by atomic mass is 10.1. The summed E-state index contributed by atoms with van der Waals surface area (Å²) in [6.45, 7) is 1.20. The van der Waals surface area contributed by atoms with Gasteiger partial charge in [-0.25, -0.2) is 9.37 Å². The number of halogens is 1. The van der Waals surface area contributed by atoms with Gasteiger partial charge in [0.25, 0.3) is 5.91 Å². The van der Waals surface area contributed by atoms with Gasteiger partial charge in [0.15, 0.2) is 0 Å². The molecule has 3 rings (SSSR count). The number of aromatic nitrogens is 2. The normalized spacial score (nSPS) is 11.0. The number of carbonyl (C=O) groups is 1. The molecule has 0 aliphatic carbocycles. The molecule has 5 nitrogen and oxygen atoms in total. The van der Waals surface area contributed by atoms with Gasteiger partial charge in [-0.1, -0.05) is 12.1 Å². The van der Waals surface area contributed by atoms with Gasteiger partial charge in [-0.15, -0.1) is 0 Å². The fourth-order valence-electron chi connectivity index (χ4n) is 2.74. The Hall–Kier alpha value is -2.73. The van der Waals surface area contributed by atoms with Crippen LogP contribution in [0.25, 0.3) is 22.4 Å². The second-order valence-electron chi connectivity index (χ2n) is 5.49. The fraction of sp³-hybridized carbons (Fsp3) is 0.222. The topological polar surface area (TPSA) is 72.9 Å². The minimum absolute atomic E-state index is 0.281. The van der Waals surface area contributed by atoms with Crippen molar-refractivity contribution < 1.29 is 9.18 Å². The minimum atomic E-state index is -0.472. The largest absolute Gasteiger partial charge is 0.355 e. The SMILES string of the molecule is CNC(=O)c1ccc(-c2nc3ccccc3n2CCCN)c(F)c1. The van der Waals surface area contributed by atoms with Crippen molar-refractivity contribution in [3.8, 4) is 11.4 Å². The van der Waals surface area contributed by atoms with Crippen molar-refractivity contribution in [2.45, 2.75) is 13.0 Å². The van der Waals surface area contributed by atoms with E-state index in [0.29, 0.717) is 24.5 Å². The van der Waals surface area contributed by atoms with Gasteiger partial charge in [0.1, 0.15) is 11.6 Å². The van der Waals surface area contributed by atoms with Crippen LogP contribution in [-0.2, 0) is 6.54 Å². The van der Waals surface area contributed by atoms with Crippen molar-refractivity contribution in [3.05, 3.63) is 53.8 Å². The highest BCUT2D eigenvalue weighted by Gasteiger charge is 2.17. The lowest BCUT2D eigenvalue weighted by Gasteiger charge is -2.10. The first-order chi connectivity index (χ1) is 11.7. The Morgan fingerprint density at radius 1 is 1.29 bits per heavy atom. The Morgan fingerprint density at radius 2 is 2.08 bits per heavy atom. The number of para-hydroxylation sites is 2. The number of nitrogens with two attached hydrogens (primary N) is 1. The van der Waals surface area contributed by atoms with Gasteiger partial charge in [0, 0.05) is 19.2 Å². The molecule has 24 heavy (non-hydrogen) atoms. The van der Waals surface area contributed by atoms with E-state index in [1.807, 2.05) is 28.8 Å². The van der Waals surface area contributed by atoms with Crippen LogP contribution in [0.2, 0.25) is 0 Å². The summed E-state index contributed by atoms with van der Waals surface area (Å²) in [7, 11) is 1.51. The Balaban J connectivity index is 2.13. The number of benzene rings is 2. The van der Waals surface area contributed by atoms with Crippen molar-refractivity contribution in [2.75, 3.05) is 13.6 Å². The Bertz CT molecular complexity index is 888. The molecule has 0 aliphatic heterocycles. The van der Waals surface area contributed by atoms with E-state index in [-0.39, 0.29) is 11.5 Å². The number of fused-ring (bicyclic) bond motifs is 1. The van der Waals surface area contributed by atoms with Crippen LogP contribution in [0.15, 0.2) is 42.5 Å². The number of amides is 1. The summed E-state index contributed by atoms with van der Waals surface area (Å²) in [5, 5.41) is 2.49. The fourth-order valence-corrected chi connectivity index (χ4v) is 2.74. The monoisotopic (exact) mass is 326 g/mol. The van der Waals surface area contributed by atoms with E-state index >= 15 is 0 Å². The zero-order chi connectivity index (χ0) is 17.1. The molecule has 0 unspecified atom stereocenters. The number of carbonyl (C=O) groups excluding carboxylic acids is 1. The highest BCUT2D eigenvalue weighted by atomic mass is 19.1. The van der Waals surface area contributed by atoms with Crippen molar-refractivity contribution in [1.29, 1.82) is 0 Å². The molecule has 0 bridgehead atoms. The molecule has 1 aromatic heterocycles. The highest BCUT2D eigenvalue weighted by molar-refractivity contribution is 5.94. The van der Waals surface area contributed by atoms with Crippen LogP contribution in [0, 0.1) is 5.82 Å². The lowest BCUT2D eigenvalue weighted by molar-refractivity contribution is 0.0962. The van der Waals surface area contributed by atoms with E-state index < -0.39 is 5.82 Å². The lowest BCUT2D eigenvalue weighted by Crippen LogP contribution is -2.18. The number of nitrogens with zero attached hydrogens (tertiary/aromatic N) is 2. The zero-order valence-electron chi connectivity index (χ0n) is 13.4. The van der Waals surface area contributed by atoms with Gasteiger partial charge in [-0.3, -0.25) is 4.79 Å². The summed E-state index contributed by atoms with van der Waals surface area (Å²) in [5.74, 6) is -0.247. The molecule has 1 amide bonds. The molecule has 6 heteroatoms. The minimum Gasteiger partial charge on any atom is -0.355 e. The summed E-state index contributed by atoms with van der Waals surface area (Å²) in [5.41, 5.74) is 8.02. The average Bonchev–Trinajstić information content (AvgIpc) is 2.97. The summed E-state index contributed by atoms with van der Waals surface area (Å²) in [6, 6.07) is 12.1. The number of hydrogen-bond acceptors (Lipinski definition) is 3. The molecule has 0 spiro atoms. The predicted molar refractivity (Wildman–Crippen MR) is 92.2 cm³/mol. The number of aryl methyl sites for hydroxylation is 1. The molecule has 124 valence electrons. The second kappa shape index (κ2) is 6.80. The summed E-state index contributed by atoms with van der Waals surface area (Å²) in [6.07, 6.45) is 0.769. The smallest absolute Gasteiger partial charge is 0.251 e. The maximum atomic E-state index is 14.6. The van der Waals surface area contributed by atoms with E-state index in [0.717, 1.165) is 17.5 Å². The third-order valence-electron chi connectivity index (χ3n) is 3.94. The van der Waals surface area contributed by atoms with Crippen LogP contribution in [0.5, 0.6) is 0 Å². The third kappa shape index (κ3) is 2.88. The molecule has 0 aliphatic rings. The number of nitrogens with one attached hydrogen (secondary N) is 1. The Morgan fingerprint density at radius 3 is 2.79 bits per heavy atom. The molecule has 2 aromatic carbocycles. The maximum absolute atomic E-state index is 14.6. The van der Waals surface area contributed by atoms with Crippen LogP contribution in [0.1, 0.15) is 16.8 Å². The van der Waals surface area contributed by atoms with Crippen LogP contribution < -0.4 is 11.1 Å². The van der Waals surface area contributed by atoms with E-state index in [1.54, 1.807) is 12.1 Å². The van der Waals surface area contributed by atoms with Gasteiger partial charge in [-0.2, -0.15) is 0 Å². The predicted octanol–water partition coefficient (Wildman–Crippen LogP) is 2.55. The quantitative estimate of drug-likeness (QED) is 0.757. The molecule has 0 radical (unpaired) electrons. The van der Waals surface area contributed by atoms with Crippen LogP contribution in [0.3, 0.4) is 0 Å². The first-order valence-electron chi connectivity index (χ1n) is 7.83.